The number of carbonyl (C=O) groups is 1. The number of carbonyl (C=O) groups excluding carboxylic acids is 1. The highest BCUT2D eigenvalue weighted by molar-refractivity contribution is 5.90. The predicted molar refractivity (Wildman–Crippen MR) is 82.8 cm³/mol. The van der Waals surface area contributed by atoms with E-state index < -0.39 is 0 Å². The van der Waals surface area contributed by atoms with Crippen molar-refractivity contribution < 1.29 is 4.79 Å². The number of nitrogens with zero attached hydrogens (tertiary/aromatic N) is 1. The number of anilines is 2. The van der Waals surface area contributed by atoms with Crippen LogP contribution in [0.5, 0.6) is 0 Å². The lowest BCUT2D eigenvalue weighted by Gasteiger charge is -2.19. The van der Waals surface area contributed by atoms with Crippen LogP contribution in [-0.2, 0) is 4.79 Å². The molecule has 3 heteroatoms. The summed E-state index contributed by atoms with van der Waals surface area (Å²) >= 11 is 0. The molecule has 0 aliphatic rings. The third kappa shape index (κ3) is 5.77. The quantitative estimate of drug-likeness (QED) is 0.766. The van der Waals surface area contributed by atoms with E-state index >= 15 is 0 Å². The summed E-state index contributed by atoms with van der Waals surface area (Å²) < 4.78 is 0. The number of hydrogen-bond donors (Lipinski definition) is 1. The summed E-state index contributed by atoms with van der Waals surface area (Å²) in [6.45, 7) is 5.36. The monoisotopic (exact) mass is 262 g/mol. The normalized spacial score (nSPS) is 10.3. The molecular formula is C16H26N2O. The highest BCUT2D eigenvalue weighted by Crippen LogP contribution is 2.17. The van der Waals surface area contributed by atoms with E-state index in [-0.39, 0.29) is 5.91 Å². The number of amides is 1. The van der Waals surface area contributed by atoms with Gasteiger partial charge in [-0.15, -0.1) is 0 Å². The zero-order chi connectivity index (χ0) is 14.1. The van der Waals surface area contributed by atoms with E-state index in [1.807, 2.05) is 12.1 Å². The van der Waals surface area contributed by atoms with E-state index in [1.54, 1.807) is 0 Å². The van der Waals surface area contributed by atoms with Gasteiger partial charge in [0.25, 0.3) is 0 Å². The molecule has 0 unspecified atom stereocenters. The lowest BCUT2D eigenvalue weighted by atomic mass is 10.2. The predicted octanol–water partition coefficient (Wildman–Crippen LogP) is 4.05. The number of hydrogen-bond acceptors (Lipinski definition) is 2. The van der Waals surface area contributed by atoms with Gasteiger partial charge in [0.15, 0.2) is 0 Å². The molecule has 3 nitrogen and oxygen atoms in total. The third-order valence-electron chi connectivity index (χ3n) is 3.20. The summed E-state index contributed by atoms with van der Waals surface area (Å²) in [4.78, 5) is 13.9. The van der Waals surface area contributed by atoms with Crippen LogP contribution in [0.3, 0.4) is 0 Å². The van der Waals surface area contributed by atoms with Crippen molar-refractivity contribution in [3.8, 4) is 0 Å². The number of unbranched alkanes of at least 4 members (excludes halogenated alkanes) is 2. The Morgan fingerprint density at radius 1 is 1.11 bits per heavy atom. The fourth-order valence-corrected chi connectivity index (χ4v) is 1.88. The summed E-state index contributed by atoms with van der Waals surface area (Å²) in [5.74, 6) is 0.105. The first kappa shape index (κ1) is 15.5. The van der Waals surface area contributed by atoms with Gasteiger partial charge in [-0.05, 0) is 37.1 Å². The Balaban J connectivity index is 2.49. The van der Waals surface area contributed by atoms with Crippen molar-refractivity contribution in [2.45, 2.75) is 46.0 Å². The average Bonchev–Trinajstić information content (AvgIpc) is 2.43. The van der Waals surface area contributed by atoms with Crippen LogP contribution in [-0.4, -0.2) is 19.5 Å². The highest BCUT2D eigenvalue weighted by Gasteiger charge is 2.03. The summed E-state index contributed by atoms with van der Waals surface area (Å²) in [7, 11) is 2.10. The van der Waals surface area contributed by atoms with Crippen molar-refractivity contribution in [2.24, 2.45) is 0 Å². The zero-order valence-corrected chi connectivity index (χ0v) is 12.4. The minimum atomic E-state index is 0.105. The Kier molecular flexibility index (Phi) is 7.01. The second-order valence-electron chi connectivity index (χ2n) is 4.97. The fraction of sp³-hybridized carbons (Fsp3) is 0.562. The van der Waals surface area contributed by atoms with Gasteiger partial charge >= 0.3 is 0 Å². The van der Waals surface area contributed by atoms with Crippen molar-refractivity contribution >= 4 is 17.3 Å². The molecule has 106 valence electrons. The molecule has 0 fully saturated rings. The topological polar surface area (TPSA) is 32.3 Å². The van der Waals surface area contributed by atoms with Gasteiger partial charge in [0, 0.05) is 31.4 Å². The molecule has 1 aromatic rings. The van der Waals surface area contributed by atoms with Crippen molar-refractivity contribution in [3.63, 3.8) is 0 Å². The maximum Gasteiger partial charge on any atom is 0.224 e. The van der Waals surface area contributed by atoms with Gasteiger partial charge < -0.3 is 10.2 Å². The van der Waals surface area contributed by atoms with Gasteiger partial charge in [0.05, 0.1) is 0 Å². The van der Waals surface area contributed by atoms with Gasteiger partial charge in [0.1, 0.15) is 0 Å². The smallest absolute Gasteiger partial charge is 0.224 e. The first-order valence-electron chi connectivity index (χ1n) is 7.28. The van der Waals surface area contributed by atoms with Crippen LogP contribution in [0.15, 0.2) is 24.3 Å². The fourth-order valence-electron chi connectivity index (χ4n) is 1.88. The average molecular weight is 262 g/mol. The molecule has 0 aliphatic heterocycles. The molecule has 1 aromatic carbocycles. The molecule has 0 bridgehead atoms. The minimum absolute atomic E-state index is 0.105. The Labute approximate surface area is 117 Å². The van der Waals surface area contributed by atoms with Crippen molar-refractivity contribution in [1.29, 1.82) is 0 Å². The largest absolute Gasteiger partial charge is 0.375 e. The van der Waals surface area contributed by atoms with Gasteiger partial charge in [-0.25, -0.2) is 0 Å². The molecule has 0 radical (unpaired) electrons. The Morgan fingerprint density at radius 3 is 2.32 bits per heavy atom. The van der Waals surface area contributed by atoms with Crippen LogP contribution in [0.1, 0.15) is 46.0 Å². The Hall–Kier alpha value is -1.51. The van der Waals surface area contributed by atoms with Gasteiger partial charge in [-0.1, -0.05) is 26.7 Å². The first-order chi connectivity index (χ1) is 9.17. The maximum atomic E-state index is 11.6. The maximum absolute atomic E-state index is 11.6. The number of benzene rings is 1. The second-order valence-corrected chi connectivity index (χ2v) is 4.97. The molecule has 1 rings (SSSR count). The van der Waals surface area contributed by atoms with Crippen LogP contribution < -0.4 is 10.2 Å². The summed E-state index contributed by atoms with van der Waals surface area (Å²) in [5.41, 5.74) is 2.08. The number of nitrogens with one attached hydrogen (secondary N) is 1. The molecule has 1 N–H and O–H groups in total. The molecule has 0 heterocycles. The van der Waals surface area contributed by atoms with Crippen LogP contribution in [0, 0.1) is 0 Å². The van der Waals surface area contributed by atoms with Gasteiger partial charge in [0.2, 0.25) is 5.91 Å². The van der Waals surface area contributed by atoms with Crippen LogP contribution in [0.2, 0.25) is 0 Å². The molecule has 0 spiro atoms. The second kappa shape index (κ2) is 8.57. The van der Waals surface area contributed by atoms with E-state index in [2.05, 4.69) is 43.2 Å². The minimum Gasteiger partial charge on any atom is -0.375 e. The molecule has 1 amide bonds. The zero-order valence-electron chi connectivity index (χ0n) is 12.4. The standard InChI is InChI=1S/C16H26N2O/c1-4-6-8-16(19)17-14-9-11-15(12-10-14)18(3)13-7-5-2/h9-12H,4-8,13H2,1-3H3,(H,17,19). The van der Waals surface area contributed by atoms with Gasteiger partial charge in [-0.2, -0.15) is 0 Å². The Bertz CT molecular complexity index is 373. The van der Waals surface area contributed by atoms with Crippen LogP contribution in [0.25, 0.3) is 0 Å². The molecule has 0 aromatic heterocycles. The van der Waals surface area contributed by atoms with E-state index in [1.165, 1.54) is 18.5 Å². The highest BCUT2D eigenvalue weighted by atomic mass is 16.1. The SMILES string of the molecule is CCCCC(=O)Nc1ccc(N(C)CCCC)cc1. The van der Waals surface area contributed by atoms with Gasteiger partial charge in [-0.3, -0.25) is 4.79 Å². The lowest BCUT2D eigenvalue weighted by molar-refractivity contribution is -0.116. The van der Waals surface area contributed by atoms with E-state index in [0.29, 0.717) is 6.42 Å². The van der Waals surface area contributed by atoms with E-state index in [9.17, 15) is 4.79 Å². The van der Waals surface area contributed by atoms with E-state index in [0.717, 1.165) is 25.1 Å². The lowest BCUT2D eigenvalue weighted by Crippen LogP contribution is -2.18. The third-order valence-corrected chi connectivity index (χ3v) is 3.20. The van der Waals surface area contributed by atoms with Crippen molar-refractivity contribution in [1.82, 2.24) is 0 Å². The summed E-state index contributed by atoms with van der Waals surface area (Å²) in [5, 5.41) is 2.93. The first-order valence-corrected chi connectivity index (χ1v) is 7.28. The van der Waals surface area contributed by atoms with Crippen LogP contribution in [0.4, 0.5) is 11.4 Å². The van der Waals surface area contributed by atoms with Crippen molar-refractivity contribution in [3.05, 3.63) is 24.3 Å². The molecule has 0 saturated heterocycles. The van der Waals surface area contributed by atoms with Crippen molar-refractivity contribution in [2.75, 3.05) is 23.8 Å². The van der Waals surface area contributed by atoms with Crippen LogP contribution >= 0.6 is 0 Å². The Morgan fingerprint density at radius 2 is 1.74 bits per heavy atom. The molecule has 19 heavy (non-hydrogen) atoms. The molecule has 0 aliphatic carbocycles. The number of rotatable bonds is 8. The molecular weight excluding hydrogens is 236 g/mol. The molecule has 0 saturated carbocycles. The van der Waals surface area contributed by atoms with E-state index in [4.69, 9.17) is 0 Å². The summed E-state index contributed by atoms with van der Waals surface area (Å²) in [6.07, 6.45) is 5.01. The summed E-state index contributed by atoms with van der Waals surface area (Å²) in [6, 6.07) is 8.07. The molecule has 0 atom stereocenters.